The molecule has 6 aromatic rings. The lowest BCUT2D eigenvalue weighted by Gasteiger charge is -2.15. The zero-order chi connectivity index (χ0) is 44.7. The molecule has 0 aliphatic heterocycles. The Morgan fingerprint density at radius 2 is 1.30 bits per heavy atom. The normalized spacial score (nSPS) is 11.7. The molecular formula is C34H28N8O15S4. The zero-order valence-corrected chi connectivity index (χ0v) is 33.7. The van der Waals surface area contributed by atoms with Crippen LogP contribution in [0, 0.1) is 0 Å². The fraction of sp³-hybridized carbons (Fsp3) is 0.0588. The Labute approximate surface area is 346 Å². The molecule has 0 spiro atoms. The lowest BCUT2D eigenvalue weighted by molar-refractivity contribution is -0.137. The Balaban J connectivity index is 0.00000168. The van der Waals surface area contributed by atoms with Crippen molar-refractivity contribution in [3.05, 3.63) is 97.6 Å². The monoisotopic (exact) mass is 916 g/mol. The lowest BCUT2D eigenvalue weighted by atomic mass is 10.1. The zero-order valence-electron chi connectivity index (χ0n) is 30.4. The van der Waals surface area contributed by atoms with E-state index >= 15 is 0 Å². The highest BCUT2D eigenvalue weighted by atomic mass is 32.2. The van der Waals surface area contributed by atoms with Crippen LogP contribution in [-0.4, -0.2) is 90.7 Å². The van der Waals surface area contributed by atoms with Gasteiger partial charge in [0.05, 0.1) is 22.0 Å². The van der Waals surface area contributed by atoms with Crippen molar-refractivity contribution in [3.8, 4) is 5.75 Å². The third-order valence-corrected chi connectivity index (χ3v) is 10.5. The molecule has 318 valence electrons. The molecule has 0 unspecified atom stereocenters. The number of hydrogen-bond donors (Lipinski definition) is 7. The van der Waals surface area contributed by atoms with Gasteiger partial charge in [0, 0.05) is 22.5 Å². The SMILES string of the molecule is C=CC(=O)OCCNc1nc(Nc2ccc(S(=O)(=O)O)cc2)nc(Nc2cc(S(=O)(=O)O)cc3ccc(N=Nc4ccc5ccccc5c4S(=O)(=O)O)c(O)c23)n1.O=S(=O)=O. The van der Waals surface area contributed by atoms with Crippen LogP contribution in [0.15, 0.2) is 122 Å². The minimum absolute atomic E-state index is 0.0155. The van der Waals surface area contributed by atoms with Crippen LogP contribution >= 0.6 is 0 Å². The molecule has 0 saturated carbocycles. The van der Waals surface area contributed by atoms with E-state index in [-0.39, 0.29) is 74.8 Å². The number of ether oxygens (including phenoxy) is 1. The minimum atomic E-state index is -4.84. The molecule has 0 amide bonds. The number of azo groups is 1. The van der Waals surface area contributed by atoms with Gasteiger partial charge in [-0.05, 0) is 59.3 Å². The summed E-state index contributed by atoms with van der Waals surface area (Å²) in [6.07, 6.45) is 0.966. The summed E-state index contributed by atoms with van der Waals surface area (Å²) in [7, 11) is -17.3. The van der Waals surface area contributed by atoms with Gasteiger partial charge < -0.3 is 25.8 Å². The molecule has 0 bridgehead atoms. The first kappa shape index (κ1) is 45.1. The van der Waals surface area contributed by atoms with E-state index in [1.165, 1.54) is 36.4 Å². The predicted molar refractivity (Wildman–Crippen MR) is 215 cm³/mol. The summed E-state index contributed by atoms with van der Waals surface area (Å²) in [5, 5.41) is 28.6. The highest BCUT2D eigenvalue weighted by molar-refractivity contribution is 7.86. The lowest BCUT2D eigenvalue weighted by Crippen LogP contribution is -2.15. The Hall–Kier alpha value is -7.01. The summed E-state index contributed by atoms with van der Waals surface area (Å²) in [6, 6.07) is 18.6. The number of phenols is 1. The van der Waals surface area contributed by atoms with Crippen molar-refractivity contribution in [3.63, 3.8) is 0 Å². The number of phenolic OH excluding ortho intramolecular Hbond substituents is 1. The fourth-order valence-corrected chi connectivity index (χ4v) is 7.19. The highest BCUT2D eigenvalue weighted by Gasteiger charge is 2.22. The van der Waals surface area contributed by atoms with Crippen LogP contribution in [0.1, 0.15) is 0 Å². The topological polar surface area (TPSA) is 360 Å². The number of aromatic hydroxyl groups is 1. The van der Waals surface area contributed by atoms with Gasteiger partial charge in [-0.2, -0.15) is 40.2 Å². The number of hydrogen-bond acceptors (Lipinski definition) is 20. The van der Waals surface area contributed by atoms with Crippen molar-refractivity contribution in [2.75, 3.05) is 29.1 Å². The summed E-state index contributed by atoms with van der Waals surface area (Å²) in [5.74, 6) is -1.87. The number of carbonyl (C=O) groups is 1. The first-order valence-electron chi connectivity index (χ1n) is 16.5. The molecule has 27 heteroatoms. The fourth-order valence-electron chi connectivity index (χ4n) is 5.33. The van der Waals surface area contributed by atoms with E-state index in [0.717, 1.165) is 30.3 Å². The second-order valence-electron chi connectivity index (χ2n) is 11.8. The van der Waals surface area contributed by atoms with Gasteiger partial charge in [-0.15, -0.1) is 22.9 Å². The van der Waals surface area contributed by atoms with E-state index in [4.69, 9.17) is 17.4 Å². The quantitative estimate of drug-likeness (QED) is 0.0257. The second kappa shape index (κ2) is 18.5. The number of anilines is 5. The molecule has 5 aromatic carbocycles. The largest absolute Gasteiger partial charge is 0.505 e. The van der Waals surface area contributed by atoms with Crippen LogP contribution in [0.5, 0.6) is 5.75 Å². The van der Waals surface area contributed by atoms with Crippen LogP contribution < -0.4 is 16.0 Å². The summed E-state index contributed by atoms with van der Waals surface area (Å²) < 4.78 is 132. The Morgan fingerprint density at radius 1 is 0.721 bits per heavy atom. The number of aromatic nitrogens is 3. The number of esters is 1. The minimum Gasteiger partial charge on any atom is -0.505 e. The Morgan fingerprint density at radius 3 is 1.92 bits per heavy atom. The third kappa shape index (κ3) is 11.8. The van der Waals surface area contributed by atoms with Gasteiger partial charge in [0.15, 0.2) is 5.75 Å². The van der Waals surface area contributed by atoms with Gasteiger partial charge in [0.25, 0.3) is 30.4 Å². The number of nitrogens with zero attached hydrogens (tertiary/aromatic N) is 5. The maximum atomic E-state index is 12.4. The van der Waals surface area contributed by atoms with Gasteiger partial charge in [-0.1, -0.05) is 43.0 Å². The van der Waals surface area contributed by atoms with Gasteiger partial charge in [0.1, 0.15) is 22.9 Å². The Bertz CT molecular complexity index is 3180. The van der Waals surface area contributed by atoms with Crippen molar-refractivity contribution in [2.24, 2.45) is 10.2 Å². The standard InChI is InChI=1S/C34H28N8O12S3.O3S/c1-2-28(43)54-16-15-35-32-38-33(36-21-9-11-22(12-10-21)55(45,46)47)40-34(39-32)37-27-18-23(56(48,49)50)17-20-8-13-25(30(44)29(20)27)41-42-26-14-7-19-5-3-4-6-24(19)31(26)57(51,52)53;1-4(2)3/h2-14,17-18,44H,1,15-16H2,(H,45,46,47)(H,48,49,50)(H,51,52,53)(H3,35,36,37,38,39,40);. The molecule has 0 aliphatic rings. The van der Waals surface area contributed by atoms with Crippen LogP contribution in [-0.2, 0) is 50.5 Å². The highest BCUT2D eigenvalue weighted by Crippen LogP contribution is 2.42. The molecular weight excluding hydrogens is 889 g/mol. The number of benzene rings is 5. The number of nitrogens with one attached hydrogen (secondary N) is 3. The molecule has 0 fully saturated rings. The molecule has 1 aromatic heterocycles. The van der Waals surface area contributed by atoms with Gasteiger partial charge in [0.2, 0.25) is 17.8 Å². The smallest absolute Gasteiger partial charge is 0.425 e. The third-order valence-electron chi connectivity index (χ3n) is 7.81. The van der Waals surface area contributed by atoms with E-state index in [0.29, 0.717) is 5.39 Å². The van der Waals surface area contributed by atoms with Crippen molar-refractivity contribution in [1.82, 2.24) is 15.0 Å². The average molecular weight is 917 g/mol. The first-order valence-corrected chi connectivity index (χ1v) is 21.8. The summed E-state index contributed by atoms with van der Waals surface area (Å²) in [4.78, 5) is 22.8. The number of fused-ring (bicyclic) bond motifs is 2. The maximum Gasteiger partial charge on any atom is 0.425 e. The van der Waals surface area contributed by atoms with E-state index in [2.05, 4.69) is 47.7 Å². The predicted octanol–water partition coefficient (Wildman–Crippen LogP) is 4.66. The molecule has 61 heavy (non-hydrogen) atoms. The molecule has 7 N–H and O–H groups in total. The molecule has 0 aliphatic carbocycles. The summed E-state index contributed by atoms with van der Waals surface area (Å²) in [5.41, 5.74) is -0.435. The van der Waals surface area contributed by atoms with Gasteiger partial charge in [-0.25, -0.2) is 4.79 Å². The van der Waals surface area contributed by atoms with Crippen LogP contribution in [0.25, 0.3) is 21.5 Å². The van der Waals surface area contributed by atoms with Crippen molar-refractivity contribution < 1.29 is 66.2 Å². The number of carbonyl (C=O) groups excluding carboxylic acids is 1. The van der Waals surface area contributed by atoms with Gasteiger partial charge in [-0.3, -0.25) is 13.7 Å². The van der Waals surface area contributed by atoms with E-state index in [1.807, 2.05) is 0 Å². The number of rotatable bonds is 14. The van der Waals surface area contributed by atoms with Gasteiger partial charge >= 0.3 is 16.6 Å². The van der Waals surface area contributed by atoms with Crippen molar-refractivity contribution in [1.29, 1.82) is 0 Å². The van der Waals surface area contributed by atoms with E-state index < -0.39 is 62.5 Å². The summed E-state index contributed by atoms with van der Waals surface area (Å²) in [6.45, 7) is 3.16. The molecule has 0 saturated heterocycles. The molecule has 0 radical (unpaired) electrons. The second-order valence-corrected chi connectivity index (χ2v) is 16.5. The first-order chi connectivity index (χ1) is 28.6. The molecule has 23 nitrogen and oxygen atoms in total. The maximum absolute atomic E-state index is 12.4. The molecule has 1 heterocycles. The Kier molecular flexibility index (Phi) is 13.7. The summed E-state index contributed by atoms with van der Waals surface area (Å²) >= 11 is 0. The van der Waals surface area contributed by atoms with Crippen LogP contribution in [0.3, 0.4) is 0 Å². The van der Waals surface area contributed by atoms with E-state index in [1.54, 1.807) is 24.3 Å². The molecule has 0 atom stereocenters. The van der Waals surface area contributed by atoms with Crippen LogP contribution in [0.4, 0.5) is 40.6 Å². The van der Waals surface area contributed by atoms with Crippen LogP contribution in [0.2, 0.25) is 0 Å². The van der Waals surface area contributed by atoms with Crippen molar-refractivity contribution >= 4 is 109 Å². The van der Waals surface area contributed by atoms with E-state index in [9.17, 15) is 48.8 Å². The molecule has 6 rings (SSSR count). The average Bonchev–Trinajstić information content (AvgIpc) is 3.17. The van der Waals surface area contributed by atoms with Crippen molar-refractivity contribution in [2.45, 2.75) is 14.7 Å².